The van der Waals surface area contributed by atoms with Crippen molar-refractivity contribution in [2.75, 3.05) is 24.9 Å². The SMILES string of the molecule is COc1cc(NSN2CC(C)(N)C2)nc(SCc2cccc(F)c2F)n1. The van der Waals surface area contributed by atoms with Crippen LogP contribution in [0.2, 0.25) is 0 Å². The molecule has 0 radical (unpaired) electrons. The first-order valence-corrected chi connectivity index (χ1v) is 9.58. The average molecular weight is 399 g/mol. The predicted molar refractivity (Wildman–Crippen MR) is 99.9 cm³/mol. The third-order valence-corrected chi connectivity index (χ3v) is 5.35. The molecule has 0 aliphatic carbocycles. The van der Waals surface area contributed by atoms with Gasteiger partial charge in [-0.15, -0.1) is 0 Å². The van der Waals surface area contributed by atoms with E-state index < -0.39 is 11.6 Å². The van der Waals surface area contributed by atoms with Gasteiger partial charge in [0.25, 0.3) is 0 Å². The van der Waals surface area contributed by atoms with Crippen LogP contribution >= 0.6 is 23.9 Å². The van der Waals surface area contributed by atoms with Crippen LogP contribution in [0.4, 0.5) is 14.6 Å². The third kappa shape index (κ3) is 4.76. The lowest BCUT2D eigenvalue weighted by molar-refractivity contribution is 0.193. The quantitative estimate of drug-likeness (QED) is 0.418. The fourth-order valence-corrected chi connectivity index (χ4v) is 4.23. The number of nitrogens with one attached hydrogen (secondary N) is 1. The van der Waals surface area contributed by atoms with Gasteiger partial charge in [0.05, 0.1) is 7.11 Å². The molecule has 0 bridgehead atoms. The van der Waals surface area contributed by atoms with Crippen LogP contribution in [0.15, 0.2) is 29.4 Å². The summed E-state index contributed by atoms with van der Waals surface area (Å²) in [4.78, 5) is 8.61. The largest absolute Gasteiger partial charge is 0.481 e. The molecule has 1 fully saturated rings. The Kier molecular flexibility index (Phi) is 5.86. The van der Waals surface area contributed by atoms with Crippen LogP contribution in [0.1, 0.15) is 12.5 Å². The van der Waals surface area contributed by atoms with Crippen molar-refractivity contribution in [1.29, 1.82) is 0 Å². The number of rotatable bonds is 7. The summed E-state index contributed by atoms with van der Waals surface area (Å²) in [6.07, 6.45) is 0. The van der Waals surface area contributed by atoms with E-state index in [1.54, 1.807) is 6.07 Å². The van der Waals surface area contributed by atoms with E-state index in [9.17, 15) is 8.78 Å². The zero-order valence-corrected chi connectivity index (χ0v) is 16.0. The third-order valence-electron chi connectivity index (χ3n) is 3.63. The van der Waals surface area contributed by atoms with Gasteiger partial charge < -0.3 is 15.2 Å². The number of anilines is 1. The second-order valence-electron chi connectivity index (χ2n) is 6.23. The lowest BCUT2D eigenvalue weighted by Gasteiger charge is -2.43. The number of thioether (sulfide) groups is 1. The topological polar surface area (TPSA) is 76.3 Å². The molecule has 0 atom stereocenters. The maximum atomic E-state index is 13.8. The molecule has 26 heavy (non-hydrogen) atoms. The summed E-state index contributed by atoms with van der Waals surface area (Å²) < 4.78 is 37.4. The van der Waals surface area contributed by atoms with E-state index in [0.717, 1.165) is 19.2 Å². The van der Waals surface area contributed by atoms with Gasteiger partial charge in [-0.05, 0) is 13.0 Å². The minimum absolute atomic E-state index is 0.159. The van der Waals surface area contributed by atoms with Gasteiger partial charge in [-0.25, -0.2) is 18.1 Å². The number of ether oxygens (including phenoxy) is 1. The molecule has 0 unspecified atom stereocenters. The number of nitrogens with two attached hydrogens (primary N) is 1. The van der Waals surface area contributed by atoms with E-state index in [2.05, 4.69) is 19.0 Å². The molecule has 2 aromatic rings. The number of benzene rings is 1. The molecular formula is C16H19F2N5OS2. The Bertz CT molecular complexity index is 785. The minimum Gasteiger partial charge on any atom is -0.481 e. The maximum absolute atomic E-state index is 13.8. The maximum Gasteiger partial charge on any atom is 0.219 e. The molecule has 3 rings (SSSR count). The van der Waals surface area contributed by atoms with E-state index in [1.807, 2.05) is 6.92 Å². The Morgan fingerprint density at radius 3 is 2.81 bits per heavy atom. The van der Waals surface area contributed by atoms with Crippen molar-refractivity contribution in [2.45, 2.75) is 23.4 Å². The molecule has 6 nitrogen and oxygen atoms in total. The molecule has 0 saturated carbocycles. The second-order valence-corrected chi connectivity index (χ2v) is 8.07. The summed E-state index contributed by atoms with van der Waals surface area (Å²) in [5, 5.41) is 0.406. The number of methoxy groups -OCH3 is 1. The number of halogens is 2. The van der Waals surface area contributed by atoms with Crippen molar-refractivity contribution in [3.8, 4) is 5.88 Å². The van der Waals surface area contributed by atoms with Crippen molar-refractivity contribution in [3.63, 3.8) is 0 Å². The number of hydrogen-bond donors (Lipinski definition) is 2. The van der Waals surface area contributed by atoms with Crippen LogP contribution < -0.4 is 15.2 Å². The van der Waals surface area contributed by atoms with Gasteiger partial charge in [-0.1, -0.05) is 23.9 Å². The van der Waals surface area contributed by atoms with Crippen molar-refractivity contribution in [2.24, 2.45) is 5.73 Å². The Morgan fingerprint density at radius 2 is 2.12 bits per heavy atom. The highest BCUT2D eigenvalue weighted by atomic mass is 32.2. The van der Waals surface area contributed by atoms with Crippen molar-refractivity contribution < 1.29 is 13.5 Å². The molecule has 0 spiro atoms. The first-order valence-electron chi connectivity index (χ1n) is 7.82. The van der Waals surface area contributed by atoms with Gasteiger partial charge >= 0.3 is 0 Å². The van der Waals surface area contributed by atoms with E-state index in [0.29, 0.717) is 16.9 Å². The Hall–Kier alpha value is -1.62. The first kappa shape index (κ1) is 19.2. The molecule has 1 saturated heterocycles. The monoisotopic (exact) mass is 399 g/mol. The molecule has 1 aromatic heterocycles. The lowest BCUT2D eigenvalue weighted by Crippen LogP contribution is -2.63. The van der Waals surface area contributed by atoms with Gasteiger partial charge in [0, 0.05) is 48.1 Å². The molecular weight excluding hydrogens is 380 g/mol. The Balaban J connectivity index is 1.64. The lowest BCUT2D eigenvalue weighted by atomic mass is 9.97. The number of hydrogen-bond acceptors (Lipinski definition) is 8. The molecule has 140 valence electrons. The molecule has 1 aromatic carbocycles. The highest BCUT2D eigenvalue weighted by Gasteiger charge is 2.35. The highest BCUT2D eigenvalue weighted by molar-refractivity contribution is 7.98. The van der Waals surface area contributed by atoms with Gasteiger partial charge in [-0.3, -0.25) is 0 Å². The normalized spacial score (nSPS) is 16.2. The Labute approximate surface area is 159 Å². The number of aromatic nitrogens is 2. The zero-order valence-electron chi connectivity index (χ0n) is 14.3. The summed E-state index contributed by atoms with van der Waals surface area (Å²) in [7, 11) is 1.51. The van der Waals surface area contributed by atoms with Gasteiger partial charge in [-0.2, -0.15) is 4.98 Å². The summed E-state index contributed by atoms with van der Waals surface area (Å²) >= 11 is 2.61. The van der Waals surface area contributed by atoms with Crippen LogP contribution in [-0.4, -0.2) is 40.0 Å². The predicted octanol–water partition coefficient (Wildman–Crippen LogP) is 3.06. The highest BCUT2D eigenvalue weighted by Crippen LogP contribution is 2.29. The molecule has 0 amide bonds. The molecule has 10 heteroatoms. The molecule has 3 N–H and O–H groups in total. The van der Waals surface area contributed by atoms with E-state index in [4.69, 9.17) is 10.5 Å². The summed E-state index contributed by atoms with van der Waals surface area (Å²) in [6, 6.07) is 5.77. The zero-order chi connectivity index (χ0) is 18.7. The summed E-state index contributed by atoms with van der Waals surface area (Å²) in [5.74, 6) is -0.553. The van der Waals surface area contributed by atoms with Crippen LogP contribution in [0.3, 0.4) is 0 Å². The first-order chi connectivity index (χ1) is 12.4. The molecule has 1 aliphatic heterocycles. The van der Waals surface area contributed by atoms with Gasteiger partial charge in [0.15, 0.2) is 16.8 Å². The van der Waals surface area contributed by atoms with Crippen LogP contribution in [-0.2, 0) is 5.75 Å². The molecule has 2 heterocycles. The van der Waals surface area contributed by atoms with Gasteiger partial charge in [0.1, 0.15) is 5.82 Å². The van der Waals surface area contributed by atoms with E-state index >= 15 is 0 Å². The molecule has 1 aliphatic rings. The smallest absolute Gasteiger partial charge is 0.219 e. The van der Waals surface area contributed by atoms with Crippen molar-refractivity contribution in [1.82, 2.24) is 14.3 Å². The van der Waals surface area contributed by atoms with Crippen LogP contribution in [0.25, 0.3) is 0 Å². The fourth-order valence-electron chi connectivity index (χ4n) is 2.36. The fraction of sp³-hybridized carbons (Fsp3) is 0.375. The second kappa shape index (κ2) is 7.95. The Morgan fingerprint density at radius 1 is 1.35 bits per heavy atom. The van der Waals surface area contributed by atoms with Crippen molar-refractivity contribution in [3.05, 3.63) is 41.5 Å². The van der Waals surface area contributed by atoms with Crippen LogP contribution in [0.5, 0.6) is 5.88 Å². The van der Waals surface area contributed by atoms with E-state index in [-0.39, 0.29) is 16.9 Å². The summed E-state index contributed by atoms with van der Waals surface area (Å²) in [6.45, 7) is 3.54. The number of nitrogens with zero attached hydrogens (tertiary/aromatic N) is 3. The standard InChI is InChI=1S/C16H19F2N5OS2/c1-16(19)8-23(9-16)26-22-12-6-13(24-2)21-15(20-12)25-7-10-4-3-5-11(17)14(10)18/h3-6H,7-9,19H2,1-2H3,(H,20,21,22). The van der Waals surface area contributed by atoms with Crippen molar-refractivity contribution >= 4 is 29.7 Å². The van der Waals surface area contributed by atoms with Crippen LogP contribution in [0, 0.1) is 11.6 Å². The average Bonchev–Trinajstić information content (AvgIpc) is 2.59. The summed E-state index contributed by atoms with van der Waals surface area (Å²) in [5.41, 5.74) is 6.08. The minimum atomic E-state index is -0.866. The van der Waals surface area contributed by atoms with E-state index in [1.165, 1.54) is 43.1 Å². The van der Waals surface area contributed by atoms with Gasteiger partial charge in [0.2, 0.25) is 5.88 Å².